The zero-order valence-electron chi connectivity index (χ0n) is 10.4. The summed E-state index contributed by atoms with van der Waals surface area (Å²) >= 11 is 8.47. The van der Waals surface area contributed by atoms with Gasteiger partial charge in [-0.15, -0.1) is 16.8 Å². The lowest BCUT2D eigenvalue weighted by Crippen LogP contribution is -2.02. The Morgan fingerprint density at radius 3 is 3.00 bits per heavy atom. The van der Waals surface area contributed by atoms with Gasteiger partial charge in [-0.2, -0.15) is 9.64 Å². The van der Waals surface area contributed by atoms with E-state index in [-0.39, 0.29) is 5.15 Å². The number of aromatic nitrogens is 4. The zero-order valence-corrected chi connectivity index (χ0v) is 12.8. The van der Waals surface area contributed by atoms with Crippen LogP contribution in [0.4, 0.5) is 0 Å². The highest BCUT2D eigenvalue weighted by molar-refractivity contribution is 8.01. The van der Waals surface area contributed by atoms with Crippen LogP contribution in [0.1, 0.15) is 30.1 Å². The van der Waals surface area contributed by atoms with Crippen molar-refractivity contribution in [3.05, 3.63) is 29.2 Å². The first-order valence-corrected chi connectivity index (χ1v) is 7.98. The molecule has 0 atom stereocenters. The van der Waals surface area contributed by atoms with E-state index in [0.29, 0.717) is 18.0 Å². The average Bonchev–Trinajstić information content (AvgIpc) is 3.13. The molecule has 2 heterocycles. The monoisotopic (exact) mass is 323 g/mol. The molecule has 0 aliphatic heterocycles. The molecule has 8 heteroatoms. The van der Waals surface area contributed by atoms with Crippen LogP contribution in [0.2, 0.25) is 5.15 Å². The van der Waals surface area contributed by atoms with Gasteiger partial charge < -0.3 is 4.57 Å². The largest absolute Gasteiger partial charge is 0.302 e. The van der Waals surface area contributed by atoms with Crippen LogP contribution in [0.15, 0.2) is 22.0 Å². The summed E-state index contributed by atoms with van der Waals surface area (Å²) in [6, 6.07) is 2.08. The predicted octanol–water partition coefficient (Wildman–Crippen LogP) is 3.47. The standard InChI is InChI=1S/C12H10ClN5S2/c1-2-5-18-10(7-3-4-7)15-16-12(18)19-11-8(6-14)9(13)17-20-11/h2,7H,1,3-5H2. The molecule has 1 saturated carbocycles. The lowest BCUT2D eigenvalue weighted by Gasteiger charge is -2.05. The third kappa shape index (κ3) is 2.46. The molecular formula is C12H10ClN5S2. The Morgan fingerprint density at radius 2 is 2.35 bits per heavy atom. The molecule has 0 saturated heterocycles. The van der Waals surface area contributed by atoms with Crippen molar-refractivity contribution in [2.45, 2.75) is 34.7 Å². The maximum absolute atomic E-state index is 9.10. The lowest BCUT2D eigenvalue weighted by molar-refractivity contribution is 0.681. The molecule has 0 unspecified atom stereocenters. The quantitative estimate of drug-likeness (QED) is 0.788. The summed E-state index contributed by atoms with van der Waals surface area (Å²) in [6.45, 7) is 4.44. The Bertz CT molecular complexity index is 695. The number of hydrogen-bond acceptors (Lipinski definition) is 6. The molecule has 1 fully saturated rings. The van der Waals surface area contributed by atoms with Crippen LogP contribution in [0.3, 0.4) is 0 Å². The lowest BCUT2D eigenvalue weighted by atomic mass is 10.4. The summed E-state index contributed by atoms with van der Waals surface area (Å²) in [5, 5.41) is 18.6. The molecule has 102 valence electrons. The van der Waals surface area contributed by atoms with Gasteiger partial charge in [0.05, 0.1) is 0 Å². The first-order chi connectivity index (χ1) is 9.74. The summed E-state index contributed by atoms with van der Waals surface area (Å²) in [6.07, 6.45) is 4.15. The highest BCUT2D eigenvalue weighted by Gasteiger charge is 2.30. The van der Waals surface area contributed by atoms with Crippen LogP contribution in [0, 0.1) is 11.3 Å². The third-order valence-electron chi connectivity index (χ3n) is 2.91. The van der Waals surface area contributed by atoms with Gasteiger partial charge in [0.1, 0.15) is 21.7 Å². The van der Waals surface area contributed by atoms with Crippen molar-refractivity contribution in [1.29, 1.82) is 5.26 Å². The number of nitrogens with zero attached hydrogens (tertiary/aromatic N) is 5. The summed E-state index contributed by atoms with van der Waals surface area (Å²) in [7, 11) is 0. The van der Waals surface area contributed by atoms with Crippen LogP contribution in [-0.2, 0) is 6.54 Å². The molecule has 0 aromatic carbocycles. The second kappa shape index (κ2) is 5.56. The molecule has 1 aliphatic rings. The van der Waals surface area contributed by atoms with E-state index in [1.165, 1.54) is 23.3 Å². The third-order valence-corrected chi connectivity index (χ3v) is 5.28. The SMILES string of the molecule is C=CCn1c(Sc2snc(Cl)c2C#N)nnc1C1CC1. The van der Waals surface area contributed by atoms with E-state index in [0.717, 1.165) is 28.0 Å². The van der Waals surface area contributed by atoms with E-state index < -0.39 is 0 Å². The van der Waals surface area contributed by atoms with Gasteiger partial charge in [-0.25, -0.2) is 0 Å². The van der Waals surface area contributed by atoms with Crippen molar-refractivity contribution in [2.75, 3.05) is 0 Å². The van der Waals surface area contributed by atoms with Crippen LogP contribution in [0.25, 0.3) is 0 Å². The predicted molar refractivity (Wildman–Crippen MR) is 78.2 cm³/mol. The van der Waals surface area contributed by atoms with E-state index >= 15 is 0 Å². The van der Waals surface area contributed by atoms with Gasteiger partial charge in [0.15, 0.2) is 10.3 Å². The van der Waals surface area contributed by atoms with Gasteiger partial charge >= 0.3 is 0 Å². The Balaban J connectivity index is 1.94. The first kappa shape index (κ1) is 13.6. The fourth-order valence-electron chi connectivity index (χ4n) is 1.82. The van der Waals surface area contributed by atoms with Crippen LogP contribution >= 0.6 is 34.9 Å². The summed E-state index contributed by atoms with van der Waals surface area (Å²) in [5.41, 5.74) is 0.405. The molecule has 0 radical (unpaired) electrons. The van der Waals surface area contributed by atoms with E-state index in [2.05, 4.69) is 27.2 Å². The van der Waals surface area contributed by atoms with Crippen LogP contribution in [0.5, 0.6) is 0 Å². The van der Waals surface area contributed by atoms with Gasteiger partial charge in [-0.05, 0) is 36.1 Å². The Morgan fingerprint density at radius 1 is 1.55 bits per heavy atom. The zero-order chi connectivity index (χ0) is 14.1. The maximum atomic E-state index is 9.10. The molecular weight excluding hydrogens is 314 g/mol. The fourth-order valence-corrected chi connectivity index (χ4v) is 3.92. The van der Waals surface area contributed by atoms with Gasteiger partial charge in [0, 0.05) is 12.5 Å². The van der Waals surface area contributed by atoms with Gasteiger partial charge in [0.25, 0.3) is 0 Å². The summed E-state index contributed by atoms with van der Waals surface area (Å²) in [5.74, 6) is 1.51. The van der Waals surface area contributed by atoms with E-state index in [1.54, 1.807) is 0 Å². The molecule has 3 rings (SSSR count). The molecule has 20 heavy (non-hydrogen) atoms. The minimum absolute atomic E-state index is 0.247. The molecule has 5 nitrogen and oxygen atoms in total. The minimum Gasteiger partial charge on any atom is -0.302 e. The second-order valence-electron chi connectivity index (χ2n) is 4.36. The minimum atomic E-state index is 0.247. The van der Waals surface area contributed by atoms with Crippen molar-refractivity contribution in [2.24, 2.45) is 0 Å². The molecule has 2 aromatic heterocycles. The van der Waals surface area contributed by atoms with E-state index in [1.807, 2.05) is 10.6 Å². The van der Waals surface area contributed by atoms with Crippen molar-refractivity contribution in [3.8, 4) is 6.07 Å². The number of halogens is 1. The smallest absolute Gasteiger partial charge is 0.197 e. The summed E-state index contributed by atoms with van der Waals surface area (Å²) < 4.78 is 6.79. The van der Waals surface area contributed by atoms with Crippen molar-refractivity contribution < 1.29 is 0 Å². The topological polar surface area (TPSA) is 67.4 Å². The number of nitriles is 1. The van der Waals surface area contributed by atoms with Crippen LogP contribution < -0.4 is 0 Å². The Kier molecular flexibility index (Phi) is 3.78. The Labute approximate surface area is 129 Å². The molecule has 0 N–H and O–H groups in total. The average molecular weight is 324 g/mol. The Hall–Kier alpha value is -1.36. The molecule has 1 aliphatic carbocycles. The maximum Gasteiger partial charge on any atom is 0.197 e. The van der Waals surface area contributed by atoms with Gasteiger partial charge in [0.2, 0.25) is 0 Å². The molecule has 0 spiro atoms. The number of allylic oxidation sites excluding steroid dienone is 1. The summed E-state index contributed by atoms with van der Waals surface area (Å²) in [4.78, 5) is 0. The van der Waals surface area contributed by atoms with Crippen molar-refractivity contribution in [1.82, 2.24) is 19.1 Å². The van der Waals surface area contributed by atoms with Crippen LogP contribution in [-0.4, -0.2) is 19.1 Å². The highest BCUT2D eigenvalue weighted by Crippen LogP contribution is 2.42. The van der Waals surface area contributed by atoms with E-state index in [4.69, 9.17) is 16.9 Å². The first-order valence-electron chi connectivity index (χ1n) is 6.01. The van der Waals surface area contributed by atoms with E-state index in [9.17, 15) is 0 Å². The van der Waals surface area contributed by atoms with Gasteiger partial charge in [-0.3, -0.25) is 0 Å². The highest BCUT2D eigenvalue weighted by atomic mass is 35.5. The molecule has 0 amide bonds. The second-order valence-corrected chi connectivity index (χ2v) is 6.73. The van der Waals surface area contributed by atoms with Crippen molar-refractivity contribution in [3.63, 3.8) is 0 Å². The molecule has 0 bridgehead atoms. The number of hydrogen-bond donors (Lipinski definition) is 0. The number of rotatable bonds is 5. The molecule has 2 aromatic rings. The normalized spacial score (nSPS) is 14.2. The van der Waals surface area contributed by atoms with Crippen molar-refractivity contribution >= 4 is 34.9 Å². The van der Waals surface area contributed by atoms with Gasteiger partial charge in [-0.1, -0.05) is 17.7 Å². The fraction of sp³-hybridized carbons (Fsp3) is 0.333.